The molecule has 0 saturated heterocycles. The predicted octanol–water partition coefficient (Wildman–Crippen LogP) is 4.62. The topological polar surface area (TPSA) is 32.3 Å². The van der Waals surface area contributed by atoms with Gasteiger partial charge in [-0.1, -0.05) is 13.3 Å². The fourth-order valence-electron chi connectivity index (χ4n) is 7.98. The molecule has 2 N–H and O–H groups in total. The maximum atomic E-state index is 10.5. The molecule has 0 unspecified atom stereocenters. The van der Waals surface area contributed by atoms with Crippen LogP contribution < -0.4 is 5.32 Å². The second-order valence-electron chi connectivity index (χ2n) is 10.4. The summed E-state index contributed by atoms with van der Waals surface area (Å²) >= 11 is 0. The van der Waals surface area contributed by atoms with Gasteiger partial charge in [0.25, 0.3) is 0 Å². The van der Waals surface area contributed by atoms with Gasteiger partial charge in [-0.25, -0.2) is 0 Å². The van der Waals surface area contributed by atoms with E-state index >= 15 is 0 Å². The summed E-state index contributed by atoms with van der Waals surface area (Å²) in [6.45, 7) is 5.95. The van der Waals surface area contributed by atoms with Gasteiger partial charge in [0.1, 0.15) is 0 Å². The van der Waals surface area contributed by atoms with E-state index in [1.54, 1.807) is 0 Å². The number of aliphatic hydroxyl groups is 1. The van der Waals surface area contributed by atoms with E-state index in [-0.39, 0.29) is 5.60 Å². The Morgan fingerprint density at radius 3 is 2.50 bits per heavy atom. The van der Waals surface area contributed by atoms with E-state index < -0.39 is 0 Å². The molecule has 4 aliphatic carbocycles. The molecule has 0 aromatic rings. The van der Waals surface area contributed by atoms with Crippen LogP contribution in [0.3, 0.4) is 0 Å². The molecule has 2 nitrogen and oxygen atoms in total. The van der Waals surface area contributed by atoms with Crippen LogP contribution in [0.2, 0.25) is 0 Å². The smallest absolute Gasteiger partial charge is 0.0622 e. The molecular weight excluding hydrogens is 294 g/mol. The Kier molecular flexibility index (Phi) is 4.53. The summed E-state index contributed by atoms with van der Waals surface area (Å²) in [5.74, 6) is 5.59. The molecule has 0 radical (unpaired) electrons. The Bertz CT molecular complexity index is 459. The Labute approximate surface area is 149 Å². The highest BCUT2D eigenvalue weighted by Crippen LogP contribution is 2.63. The van der Waals surface area contributed by atoms with Gasteiger partial charge in [-0.3, -0.25) is 0 Å². The lowest BCUT2D eigenvalue weighted by Crippen LogP contribution is -2.54. The van der Waals surface area contributed by atoms with Crippen LogP contribution >= 0.6 is 0 Å². The SMILES string of the molecule is CNC[C@H]1CCC[C@H]2[C@@H]3CC[C@@H]4C[C@](C)(O)CC[C@@H]4[C@H]3CC[C@]12C. The second-order valence-corrected chi connectivity index (χ2v) is 10.4. The first-order valence-corrected chi connectivity index (χ1v) is 10.8. The van der Waals surface area contributed by atoms with Crippen molar-refractivity contribution in [2.24, 2.45) is 40.9 Å². The molecule has 0 amide bonds. The van der Waals surface area contributed by atoms with Crippen LogP contribution in [0.15, 0.2) is 0 Å². The quantitative estimate of drug-likeness (QED) is 0.773. The summed E-state index contributed by atoms with van der Waals surface area (Å²) in [6, 6.07) is 0. The van der Waals surface area contributed by atoms with Crippen molar-refractivity contribution in [2.45, 2.75) is 83.7 Å². The standard InChI is InChI=1S/C22H39NO/c1-21(24)11-9-17-15(13-21)7-8-19-18(17)10-12-22(2)16(14-23-3)5-4-6-20(19)22/h15-20,23-24H,4-14H2,1-3H3/t15-,16-,17+,18-,19-,20+,21-,22-/m1/s1. The summed E-state index contributed by atoms with van der Waals surface area (Å²) in [7, 11) is 2.14. The first-order chi connectivity index (χ1) is 11.4. The van der Waals surface area contributed by atoms with Crippen molar-refractivity contribution in [3.63, 3.8) is 0 Å². The van der Waals surface area contributed by atoms with E-state index in [2.05, 4.69) is 26.2 Å². The van der Waals surface area contributed by atoms with Gasteiger partial charge >= 0.3 is 0 Å². The summed E-state index contributed by atoms with van der Waals surface area (Å²) < 4.78 is 0. The molecule has 24 heavy (non-hydrogen) atoms. The molecule has 0 spiro atoms. The maximum Gasteiger partial charge on any atom is 0.0622 e. The molecule has 0 bridgehead atoms. The molecular formula is C22H39NO. The van der Waals surface area contributed by atoms with Crippen molar-refractivity contribution in [3.8, 4) is 0 Å². The molecule has 0 heterocycles. The summed E-state index contributed by atoms with van der Waals surface area (Å²) in [5.41, 5.74) is 0.218. The summed E-state index contributed by atoms with van der Waals surface area (Å²) in [4.78, 5) is 0. The third kappa shape index (κ3) is 2.76. The Balaban J connectivity index is 1.54. The minimum Gasteiger partial charge on any atom is -0.390 e. The molecule has 138 valence electrons. The van der Waals surface area contributed by atoms with Crippen molar-refractivity contribution in [1.82, 2.24) is 5.32 Å². The monoisotopic (exact) mass is 333 g/mol. The maximum absolute atomic E-state index is 10.5. The average molecular weight is 334 g/mol. The highest BCUT2D eigenvalue weighted by atomic mass is 16.3. The molecule has 8 atom stereocenters. The van der Waals surface area contributed by atoms with Gasteiger partial charge in [-0.2, -0.15) is 0 Å². The van der Waals surface area contributed by atoms with Crippen molar-refractivity contribution >= 4 is 0 Å². The molecule has 4 aliphatic rings. The molecule has 0 aromatic heterocycles. The summed E-state index contributed by atoms with van der Waals surface area (Å²) in [5, 5.41) is 14.0. The van der Waals surface area contributed by atoms with Crippen molar-refractivity contribution < 1.29 is 5.11 Å². The predicted molar refractivity (Wildman–Crippen MR) is 99.8 cm³/mol. The van der Waals surface area contributed by atoms with Gasteiger partial charge in [0.15, 0.2) is 0 Å². The number of nitrogens with one attached hydrogen (secondary N) is 1. The van der Waals surface area contributed by atoms with Crippen LogP contribution in [-0.4, -0.2) is 24.3 Å². The zero-order valence-electron chi connectivity index (χ0n) is 16.2. The lowest BCUT2D eigenvalue weighted by atomic mass is 9.45. The third-order valence-corrected chi connectivity index (χ3v) is 9.13. The molecule has 0 aromatic carbocycles. The fourth-order valence-corrected chi connectivity index (χ4v) is 7.98. The zero-order valence-corrected chi connectivity index (χ0v) is 16.2. The number of hydrogen-bond donors (Lipinski definition) is 2. The van der Waals surface area contributed by atoms with Gasteiger partial charge in [0.2, 0.25) is 0 Å². The van der Waals surface area contributed by atoms with Crippen LogP contribution in [0.4, 0.5) is 0 Å². The molecule has 4 rings (SSSR count). The fraction of sp³-hybridized carbons (Fsp3) is 1.00. The zero-order chi connectivity index (χ0) is 16.9. The molecule has 0 aliphatic heterocycles. The van der Waals surface area contributed by atoms with Gasteiger partial charge in [-0.05, 0) is 119 Å². The normalized spacial score (nSPS) is 54.5. The van der Waals surface area contributed by atoms with E-state index in [9.17, 15) is 5.11 Å². The lowest BCUT2D eigenvalue weighted by molar-refractivity contribution is -0.125. The first kappa shape index (κ1) is 17.3. The second kappa shape index (κ2) is 6.27. The van der Waals surface area contributed by atoms with Crippen LogP contribution in [0.25, 0.3) is 0 Å². The third-order valence-electron chi connectivity index (χ3n) is 9.13. The molecule has 4 saturated carbocycles. The van der Waals surface area contributed by atoms with Gasteiger partial charge < -0.3 is 10.4 Å². The minimum absolute atomic E-state index is 0.375. The Morgan fingerprint density at radius 2 is 1.71 bits per heavy atom. The lowest BCUT2D eigenvalue weighted by Gasteiger charge is -2.61. The number of fused-ring (bicyclic) bond motifs is 5. The van der Waals surface area contributed by atoms with Gasteiger partial charge in [0, 0.05) is 0 Å². The van der Waals surface area contributed by atoms with Crippen molar-refractivity contribution in [2.75, 3.05) is 13.6 Å². The molecule has 4 fully saturated rings. The van der Waals surface area contributed by atoms with E-state index in [1.165, 1.54) is 57.9 Å². The largest absolute Gasteiger partial charge is 0.390 e. The van der Waals surface area contributed by atoms with Crippen molar-refractivity contribution in [3.05, 3.63) is 0 Å². The van der Waals surface area contributed by atoms with Gasteiger partial charge in [-0.15, -0.1) is 0 Å². The number of rotatable bonds is 2. The summed E-state index contributed by atoms with van der Waals surface area (Å²) in [6.07, 6.45) is 13.6. The average Bonchev–Trinajstić information content (AvgIpc) is 2.54. The van der Waals surface area contributed by atoms with E-state index in [1.807, 2.05) is 0 Å². The van der Waals surface area contributed by atoms with Gasteiger partial charge in [0.05, 0.1) is 5.60 Å². The Morgan fingerprint density at radius 1 is 0.917 bits per heavy atom. The van der Waals surface area contributed by atoms with Crippen LogP contribution in [-0.2, 0) is 0 Å². The van der Waals surface area contributed by atoms with E-state index in [0.717, 1.165) is 48.3 Å². The van der Waals surface area contributed by atoms with E-state index in [4.69, 9.17) is 0 Å². The first-order valence-electron chi connectivity index (χ1n) is 10.8. The highest BCUT2D eigenvalue weighted by Gasteiger charge is 2.55. The van der Waals surface area contributed by atoms with E-state index in [0.29, 0.717) is 5.41 Å². The number of hydrogen-bond acceptors (Lipinski definition) is 2. The van der Waals surface area contributed by atoms with Crippen LogP contribution in [0.5, 0.6) is 0 Å². The van der Waals surface area contributed by atoms with Crippen LogP contribution in [0.1, 0.15) is 78.1 Å². The van der Waals surface area contributed by atoms with Crippen LogP contribution in [0, 0.1) is 40.9 Å². The van der Waals surface area contributed by atoms with Crippen molar-refractivity contribution in [1.29, 1.82) is 0 Å². The minimum atomic E-state index is -0.375. The molecule has 2 heteroatoms. The highest BCUT2D eigenvalue weighted by molar-refractivity contribution is 5.05. The Hall–Kier alpha value is -0.0800.